The highest BCUT2D eigenvalue weighted by Gasteiger charge is 2.35. The van der Waals surface area contributed by atoms with Crippen molar-refractivity contribution in [3.05, 3.63) is 47.3 Å². The number of piperazine rings is 1. The van der Waals surface area contributed by atoms with Gasteiger partial charge in [0.2, 0.25) is 0 Å². The molecule has 1 aliphatic rings. The molecule has 0 unspecified atom stereocenters. The van der Waals surface area contributed by atoms with E-state index in [-0.39, 0.29) is 13.1 Å². The molecular formula is C17H20F2N3O3S2+. The van der Waals surface area contributed by atoms with Gasteiger partial charge in [-0.1, -0.05) is 12.1 Å². The second-order valence-corrected chi connectivity index (χ2v) is 9.41. The Morgan fingerprint density at radius 3 is 2.37 bits per heavy atom. The molecule has 10 heteroatoms. The lowest BCUT2D eigenvalue weighted by Gasteiger charge is -2.33. The van der Waals surface area contributed by atoms with Crippen molar-refractivity contribution in [2.45, 2.75) is 17.2 Å². The molecule has 1 amide bonds. The Balaban J connectivity index is 1.61. The van der Waals surface area contributed by atoms with E-state index >= 15 is 0 Å². The first-order valence-corrected chi connectivity index (χ1v) is 10.8. The number of sulfonamides is 1. The zero-order valence-electron chi connectivity index (χ0n) is 14.6. The molecule has 2 N–H and O–H groups in total. The molecule has 0 spiro atoms. The summed E-state index contributed by atoms with van der Waals surface area (Å²) in [5, 5.41) is 4.01. The second-order valence-electron chi connectivity index (χ2n) is 6.30. The van der Waals surface area contributed by atoms with E-state index < -0.39 is 39.3 Å². The van der Waals surface area contributed by atoms with Crippen LogP contribution >= 0.6 is 11.3 Å². The van der Waals surface area contributed by atoms with Crippen LogP contribution in [0.2, 0.25) is 0 Å². The topological polar surface area (TPSA) is 70.9 Å². The summed E-state index contributed by atoms with van der Waals surface area (Å²) >= 11 is 1.17. The molecule has 0 aliphatic carbocycles. The van der Waals surface area contributed by atoms with Gasteiger partial charge in [0.15, 0.2) is 6.04 Å². The molecule has 1 aromatic heterocycles. The van der Waals surface area contributed by atoms with E-state index in [4.69, 9.17) is 0 Å². The van der Waals surface area contributed by atoms with Gasteiger partial charge in [0.1, 0.15) is 21.5 Å². The minimum absolute atomic E-state index is 0.279. The number of quaternary nitrogens is 1. The average molecular weight is 416 g/mol. The Labute approximate surface area is 160 Å². The van der Waals surface area contributed by atoms with Gasteiger partial charge in [0, 0.05) is 0 Å². The zero-order chi connectivity index (χ0) is 19.6. The highest BCUT2D eigenvalue weighted by molar-refractivity contribution is 7.91. The van der Waals surface area contributed by atoms with Crippen molar-refractivity contribution >= 4 is 33.0 Å². The predicted octanol–water partition coefficient (Wildman–Crippen LogP) is 0.943. The van der Waals surface area contributed by atoms with Crippen molar-refractivity contribution in [3.63, 3.8) is 0 Å². The highest BCUT2D eigenvalue weighted by atomic mass is 32.2. The normalized spacial score (nSPS) is 17.6. The fraction of sp³-hybridized carbons (Fsp3) is 0.353. The van der Waals surface area contributed by atoms with E-state index in [1.54, 1.807) is 24.4 Å². The van der Waals surface area contributed by atoms with Crippen LogP contribution in [-0.4, -0.2) is 50.9 Å². The Kier molecular flexibility index (Phi) is 5.89. The van der Waals surface area contributed by atoms with Gasteiger partial charge in [-0.2, -0.15) is 4.31 Å². The van der Waals surface area contributed by atoms with Crippen LogP contribution in [-0.2, 0) is 14.8 Å². The van der Waals surface area contributed by atoms with Crippen molar-refractivity contribution < 1.29 is 26.9 Å². The molecule has 1 fully saturated rings. The first-order valence-electron chi connectivity index (χ1n) is 8.44. The van der Waals surface area contributed by atoms with E-state index in [0.29, 0.717) is 17.3 Å². The molecule has 1 atom stereocenters. The third-order valence-corrected chi connectivity index (χ3v) is 7.94. The summed E-state index contributed by atoms with van der Waals surface area (Å²) in [5.74, 6) is -2.18. The molecule has 146 valence electrons. The van der Waals surface area contributed by atoms with Gasteiger partial charge >= 0.3 is 0 Å². The monoisotopic (exact) mass is 416 g/mol. The molecule has 3 rings (SSSR count). The summed E-state index contributed by atoms with van der Waals surface area (Å²) in [7, 11) is -3.51. The van der Waals surface area contributed by atoms with Crippen LogP contribution < -0.4 is 10.2 Å². The molecule has 1 aromatic carbocycles. The van der Waals surface area contributed by atoms with Gasteiger partial charge in [-0.15, -0.1) is 11.3 Å². The maximum Gasteiger partial charge on any atom is 0.282 e. The fourth-order valence-electron chi connectivity index (χ4n) is 3.02. The van der Waals surface area contributed by atoms with E-state index in [1.165, 1.54) is 21.7 Å². The van der Waals surface area contributed by atoms with E-state index in [2.05, 4.69) is 5.32 Å². The van der Waals surface area contributed by atoms with Crippen molar-refractivity contribution in [1.82, 2.24) is 4.31 Å². The Morgan fingerprint density at radius 2 is 1.81 bits per heavy atom. The number of nitrogens with zero attached hydrogens (tertiary/aromatic N) is 1. The zero-order valence-corrected chi connectivity index (χ0v) is 16.2. The van der Waals surface area contributed by atoms with Gasteiger partial charge < -0.3 is 10.2 Å². The Morgan fingerprint density at radius 1 is 1.19 bits per heavy atom. The first-order chi connectivity index (χ1) is 12.8. The molecule has 2 aromatic rings. The Hall–Kier alpha value is -1.88. The van der Waals surface area contributed by atoms with Crippen LogP contribution in [0.1, 0.15) is 6.92 Å². The molecule has 0 bridgehead atoms. The summed E-state index contributed by atoms with van der Waals surface area (Å²) in [6.07, 6.45) is 0. The molecule has 0 radical (unpaired) electrons. The molecule has 27 heavy (non-hydrogen) atoms. The number of carbonyl (C=O) groups excluding carboxylic acids is 1. The van der Waals surface area contributed by atoms with Crippen LogP contribution in [0.5, 0.6) is 0 Å². The van der Waals surface area contributed by atoms with Crippen LogP contribution in [0.4, 0.5) is 14.5 Å². The molecule has 1 aliphatic heterocycles. The van der Waals surface area contributed by atoms with Crippen LogP contribution in [0, 0.1) is 11.6 Å². The standard InChI is InChI=1S/C17H19F2N3O3S2/c1-12(17(23)20-16-13(18)4-2-5-14(16)19)21-7-9-22(10-8-21)27(24,25)15-6-3-11-26-15/h2-6,11-12H,7-10H2,1H3,(H,20,23)/p+1/t12-/m0/s1. The molecule has 1 saturated heterocycles. The Bertz CT molecular complexity index is 891. The maximum atomic E-state index is 13.7. The van der Waals surface area contributed by atoms with Gasteiger partial charge in [-0.25, -0.2) is 17.2 Å². The van der Waals surface area contributed by atoms with Gasteiger partial charge in [-0.05, 0) is 30.5 Å². The van der Waals surface area contributed by atoms with Crippen molar-refractivity contribution in [2.24, 2.45) is 0 Å². The molecule has 6 nitrogen and oxygen atoms in total. The minimum Gasteiger partial charge on any atom is -0.323 e. The van der Waals surface area contributed by atoms with Crippen molar-refractivity contribution in [2.75, 3.05) is 31.5 Å². The van der Waals surface area contributed by atoms with Crippen molar-refractivity contribution in [3.8, 4) is 0 Å². The predicted molar refractivity (Wildman–Crippen MR) is 98.2 cm³/mol. The number of amides is 1. The number of halogens is 2. The largest absolute Gasteiger partial charge is 0.323 e. The molecular weight excluding hydrogens is 396 g/mol. The number of anilines is 1. The van der Waals surface area contributed by atoms with E-state index in [0.717, 1.165) is 17.0 Å². The minimum atomic E-state index is -3.51. The highest BCUT2D eigenvalue weighted by Crippen LogP contribution is 2.21. The van der Waals surface area contributed by atoms with E-state index in [9.17, 15) is 22.0 Å². The smallest absolute Gasteiger partial charge is 0.282 e. The number of hydrogen-bond acceptors (Lipinski definition) is 4. The number of hydrogen-bond donors (Lipinski definition) is 2. The summed E-state index contributed by atoms with van der Waals surface area (Å²) in [6, 6.07) is 6.05. The van der Waals surface area contributed by atoms with Crippen LogP contribution in [0.15, 0.2) is 39.9 Å². The summed E-state index contributed by atoms with van der Waals surface area (Å²) < 4.78 is 54.2. The second kappa shape index (κ2) is 8.01. The van der Waals surface area contributed by atoms with Crippen molar-refractivity contribution in [1.29, 1.82) is 0 Å². The van der Waals surface area contributed by atoms with Gasteiger partial charge in [-0.3, -0.25) is 4.79 Å². The molecule has 2 heterocycles. The third kappa shape index (κ3) is 4.18. The maximum absolute atomic E-state index is 13.7. The fourth-order valence-corrected chi connectivity index (χ4v) is 5.60. The van der Waals surface area contributed by atoms with Crippen LogP contribution in [0.25, 0.3) is 0 Å². The average Bonchev–Trinajstić information content (AvgIpc) is 3.20. The number of thiophene rings is 1. The lowest BCUT2D eigenvalue weighted by Crippen LogP contribution is -3.19. The SMILES string of the molecule is C[C@@H](C(=O)Nc1c(F)cccc1F)[NH+]1CCN(S(=O)(=O)c2cccs2)CC1. The molecule has 0 saturated carbocycles. The van der Waals surface area contributed by atoms with Gasteiger partial charge in [0.05, 0.1) is 26.2 Å². The number of benzene rings is 1. The lowest BCUT2D eigenvalue weighted by molar-refractivity contribution is -0.917. The number of para-hydroxylation sites is 1. The van der Waals surface area contributed by atoms with E-state index in [1.807, 2.05) is 0 Å². The lowest BCUT2D eigenvalue weighted by atomic mass is 10.2. The number of nitrogens with one attached hydrogen (secondary N) is 2. The number of rotatable bonds is 5. The quantitative estimate of drug-likeness (QED) is 0.762. The van der Waals surface area contributed by atoms with Crippen LogP contribution in [0.3, 0.4) is 0 Å². The third-order valence-electron chi connectivity index (χ3n) is 4.67. The van der Waals surface area contributed by atoms with Gasteiger partial charge in [0.25, 0.3) is 15.9 Å². The summed E-state index contributed by atoms with van der Waals surface area (Å²) in [6.45, 7) is 3.08. The number of carbonyl (C=O) groups is 1. The summed E-state index contributed by atoms with van der Waals surface area (Å²) in [4.78, 5) is 13.2. The summed E-state index contributed by atoms with van der Waals surface area (Å²) in [5.41, 5.74) is -0.465. The first kappa shape index (κ1) is 19.9.